The minimum atomic E-state index is -0.174. The Labute approximate surface area is 112 Å². The molecule has 1 aliphatic heterocycles. The maximum atomic E-state index is 12.6. The molecule has 2 rings (SSSR count). The van der Waals surface area contributed by atoms with E-state index in [0.29, 0.717) is 30.3 Å². The maximum absolute atomic E-state index is 12.6. The molecule has 2 atom stereocenters. The monoisotopic (exact) mass is 265 g/mol. The van der Waals surface area contributed by atoms with Crippen molar-refractivity contribution in [3.05, 3.63) is 23.8 Å². The standard InChI is InChI=1S/C14H19NO4/c1-15-12-8-19-7-11(12)14(16)10-5-4-9(17-2)6-13(10)18-3/h4-6,11-12,15H,7-8H2,1-3H3. The fourth-order valence-corrected chi connectivity index (χ4v) is 2.30. The van der Waals surface area contributed by atoms with Crippen molar-refractivity contribution in [2.75, 3.05) is 34.5 Å². The van der Waals surface area contributed by atoms with Gasteiger partial charge in [-0.3, -0.25) is 4.79 Å². The number of nitrogens with one attached hydrogen (secondary N) is 1. The number of methoxy groups -OCH3 is 2. The molecule has 0 aromatic heterocycles. The molecule has 0 radical (unpaired) electrons. The number of carbonyl (C=O) groups excluding carboxylic acids is 1. The zero-order valence-electron chi connectivity index (χ0n) is 11.4. The predicted octanol–water partition coefficient (Wildman–Crippen LogP) is 1.12. The third-order valence-electron chi connectivity index (χ3n) is 3.46. The van der Waals surface area contributed by atoms with Crippen molar-refractivity contribution in [3.63, 3.8) is 0 Å². The van der Waals surface area contributed by atoms with Crippen LogP contribution in [0, 0.1) is 5.92 Å². The number of rotatable bonds is 5. The fourth-order valence-electron chi connectivity index (χ4n) is 2.30. The molecule has 0 aliphatic carbocycles. The van der Waals surface area contributed by atoms with Gasteiger partial charge in [0.2, 0.25) is 0 Å². The van der Waals surface area contributed by atoms with Gasteiger partial charge in [-0.15, -0.1) is 0 Å². The Morgan fingerprint density at radius 1 is 1.32 bits per heavy atom. The Kier molecular flexibility index (Phi) is 4.39. The molecule has 1 heterocycles. The highest BCUT2D eigenvalue weighted by Gasteiger charge is 2.34. The molecule has 5 heteroatoms. The molecule has 0 amide bonds. The summed E-state index contributed by atoms with van der Waals surface area (Å²) in [6, 6.07) is 5.28. The van der Waals surface area contributed by atoms with Crippen LogP contribution in [0.15, 0.2) is 18.2 Å². The highest BCUT2D eigenvalue weighted by Crippen LogP contribution is 2.29. The van der Waals surface area contributed by atoms with Crippen LogP contribution in [-0.2, 0) is 4.74 Å². The predicted molar refractivity (Wildman–Crippen MR) is 71.0 cm³/mol. The second-order valence-electron chi connectivity index (χ2n) is 4.47. The van der Waals surface area contributed by atoms with Gasteiger partial charge in [-0.05, 0) is 19.2 Å². The summed E-state index contributed by atoms with van der Waals surface area (Å²) in [6.07, 6.45) is 0. The number of ketones is 1. The van der Waals surface area contributed by atoms with Crippen LogP contribution in [0.4, 0.5) is 0 Å². The Morgan fingerprint density at radius 3 is 2.74 bits per heavy atom. The Hall–Kier alpha value is -1.59. The molecule has 1 N–H and O–H groups in total. The SMILES string of the molecule is CNC1COCC1C(=O)c1ccc(OC)cc1OC. The molecule has 104 valence electrons. The summed E-state index contributed by atoms with van der Waals surface area (Å²) in [5, 5.41) is 3.11. The smallest absolute Gasteiger partial charge is 0.173 e. The van der Waals surface area contributed by atoms with E-state index >= 15 is 0 Å². The van der Waals surface area contributed by atoms with Gasteiger partial charge in [0.15, 0.2) is 5.78 Å². The molecule has 2 unspecified atom stereocenters. The average Bonchev–Trinajstić information content (AvgIpc) is 2.94. The summed E-state index contributed by atoms with van der Waals surface area (Å²) in [5.41, 5.74) is 0.569. The summed E-state index contributed by atoms with van der Waals surface area (Å²) in [7, 11) is 4.97. The molecular weight excluding hydrogens is 246 g/mol. The Balaban J connectivity index is 2.28. The minimum Gasteiger partial charge on any atom is -0.497 e. The summed E-state index contributed by atoms with van der Waals surface area (Å²) < 4.78 is 15.8. The molecule has 1 aromatic rings. The van der Waals surface area contributed by atoms with E-state index in [1.165, 1.54) is 0 Å². The van der Waals surface area contributed by atoms with E-state index in [9.17, 15) is 4.79 Å². The summed E-state index contributed by atoms with van der Waals surface area (Å²) in [5.74, 6) is 1.07. The van der Waals surface area contributed by atoms with Crippen LogP contribution >= 0.6 is 0 Å². The van der Waals surface area contributed by atoms with Crippen LogP contribution in [0.3, 0.4) is 0 Å². The van der Waals surface area contributed by atoms with Gasteiger partial charge in [0.05, 0.1) is 38.9 Å². The molecule has 1 aliphatic rings. The molecular formula is C14H19NO4. The number of hydrogen-bond acceptors (Lipinski definition) is 5. The van der Waals surface area contributed by atoms with Gasteiger partial charge >= 0.3 is 0 Å². The first-order chi connectivity index (χ1) is 9.21. The van der Waals surface area contributed by atoms with Crippen molar-refractivity contribution in [1.82, 2.24) is 5.32 Å². The van der Waals surface area contributed by atoms with Crippen molar-refractivity contribution in [1.29, 1.82) is 0 Å². The van der Waals surface area contributed by atoms with Crippen LogP contribution in [0.25, 0.3) is 0 Å². The average molecular weight is 265 g/mol. The third kappa shape index (κ3) is 2.72. The zero-order valence-corrected chi connectivity index (χ0v) is 11.4. The molecule has 0 spiro atoms. The number of Topliss-reactive ketones (excluding diaryl/α,β-unsaturated/α-hetero) is 1. The van der Waals surface area contributed by atoms with Gasteiger partial charge in [-0.2, -0.15) is 0 Å². The summed E-state index contributed by atoms with van der Waals surface area (Å²) in [4.78, 5) is 12.6. The first kappa shape index (κ1) is 13.8. The van der Waals surface area contributed by atoms with Crippen LogP contribution in [0.1, 0.15) is 10.4 Å². The first-order valence-electron chi connectivity index (χ1n) is 6.22. The van der Waals surface area contributed by atoms with Crippen LogP contribution in [-0.4, -0.2) is 46.3 Å². The lowest BCUT2D eigenvalue weighted by molar-refractivity contribution is 0.0889. The minimum absolute atomic E-state index is 0.0383. The second kappa shape index (κ2) is 6.04. The van der Waals surface area contributed by atoms with Gasteiger partial charge in [-0.25, -0.2) is 0 Å². The normalized spacial score (nSPS) is 22.3. The van der Waals surface area contributed by atoms with E-state index in [1.54, 1.807) is 32.4 Å². The van der Waals surface area contributed by atoms with E-state index in [4.69, 9.17) is 14.2 Å². The van der Waals surface area contributed by atoms with Crippen molar-refractivity contribution < 1.29 is 19.0 Å². The summed E-state index contributed by atoms with van der Waals surface area (Å²) >= 11 is 0. The van der Waals surface area contributed by atoms with E-state index in [0.717, 1.165) is 0 Å². The van der Waals surface area contributed by atoms with Gasteiger partial charge in [0.1, 0.15) is 11.5 Å². The fraction of sp³-hybridized carbons (Fsp3) is 0.500. The summed E-state index contributed by atoms with van der Waals surface area (Å²) in [6.45, 7) is 1.00. The van der Waals surface area contributed by atoms with E-state index in [1.807, 2.05) is 7.05 Å². The van der Waals surface area contributed by atoms with Gasteiger partial charge in [0, 0.05) is 12.1 Å². The van der Waals surface area contributed by atoms with Gasteiger partial charge in [0.25, 0.3) is 0 Å². The quantitative estimate of drug-likeness (QED) is 0.809. The highest BCUT2D eigenvalue weighted by molar-refractivity contribution is 6.01. The van der Waals surface area contributed by atoms with Crippen molar-refractivity contribution in [2.45, 2.75) is 6.04 Å². The number of likely N-dealkylation sites (N-methyl/N-ethyl adjacent to an activating group) is 1. The number of hydrogen-bond donors (Lipinski definition) is 1. The number of benzene rings is 1. The molecule has 0 saturated carbocycles. The van der Waals surface area contributed by atoms with Gasteiger partial charge in [-0.1, -0.05) is 0 Å². The lowest BCUT2D eigenvalue weighted by Gasteiger charge is -2.17. The molecule has 19 heavy (non-hydrogen) atoms. The van der Waals surface area contributed by atoms with Crippen LogP contribution < -0.4 is 14.8 Å². The van der Waals surface area contributed by atoms with Crippen LogP contribution in [0.5, 0.6) is 11.5 Å². The van der Waals surface area contributed by atoms with E-state index in [-0.39, 0.29) is 17.7 Å². The second-order valence-corrected chi connectivity index (χ2v) is 4.47. The van der Waals surface area contributed by atoms with Crippen LogP contribution in [0.2, 0.25) is 0 Å². The Bertz CT molecular complexity index is 461. The number of carbonyl (C=O) groups is 1. The van der Waals surface area contributed by atoms with Crippen molar-refractivity contribution in [2.24, 2.45) is 5.92 Å². The molecule has 5 nitrogen and oxygen atoms in total. The van der Waals surface area contributed by atoms with E-state index in [2.05, 4.69) is 5.32 Å². The largest absolute Gasteiger partial charge is 0.497 e. The van der Waals surface area contributed by atoms with Crippen molar-refractivity contribution >= 4 is 5.78 Å². The molecule has 1 aromatic carbocycles. The lowest BCUT2D eigenvalue weighted by atomic mass is 9.93. The number of ether oxygens (including phenoxy) is 3. The molecule has 0 bridgehead atoms. The highest BCUT2D eigenvalue weighted by atomic mass is 16.5. The third-order valence-corrected chi connectivity index (χ3v) is 3.46. The van der Waals surface area contributed by atoms with Crippen molar-refractivity contribution in [3.8, 4) is 11.5 Å². The lowest BCUT2D eigenvalue weighted by Crippen LogP contribution is -2.37. The van der Waals surface area contributed by atoms with E-state index < -0.39 is 0 Å². The topological polar surface area (TPSA) is 56.8 Å². The molecule has 1 fully saturated rings. The maximum Gasteiger partial charge on any atom is 0.173 e. The first-order valence-corrected chi connectivity index (χ1v) is 6.22. The van der Waals surface area contributed by atoms with Gasteiger partial charge < -0.3 is 19.5 Å². The Morgan fingerprint density at radius 2 is 2.11 bits per heavy atom. The zero-order chi connectivity index (χ0) is 13.8. The molecule has 1 saturated heterocycles.